The van der Waals surface area contributed by atoms with Crippen LogP contribution in [-0.4, -0.2) is 25.2 Å². The van der Waals surface area contributed by atoms with Gasteiger partial charge in [-0.2, -0.15) is 0 Å². The molecule has 0 spiro atoms. The Labute approximate surface area is 109 Å². The third-order valence-corrected chi connectivity index (χ3v) is 2.44. The van der Waals surface area contributed by atoms with Crippen LogP contribution < -0.4 is 10.6 Å². The highest BCUT2D eigenvalue weighted by Gasteiger charge is 2.12. The molecule has 0 aliphatic rings. The van der Waals surface area contributed by atoms with E-state index in [2.05, 4.69) is 6.92 Å². The minimum absolute atomic E-state index is 0.0765. The maximum Gasteiger partial charge on any atom is 0.325 e. The number of nitrogen functional groups attached to an aromatic ring is 1. The van der Waals surface area contributed by atoms with Gasteiger partial charge in [-0.15, -0.1) is 0 Å². The van der Waals surface area contributed by atoms with Crippen molar-refractivity contribution < 1.29 is 9.53 Å². The van der Waals surface area contributed by atoms with Gasteiger partial charge in [0.25, 0.3) is 0 Å². The molecule has 0 saturated heterocycles. The van der Waals surface area contributed by atoms with Crippen LogP contribution >= 0.6 is 0 Å². The quantitative estimate of drug-likeness (QED) is 0.622. The first-order valence-corrected chi connectivity index (χ1v) is 6.33. The van der Waals surface area contributed by atoms with Crippen LogP contribution in [0.3, 0.4) is 0 Å². The van der Waals surface area contributed by atoms with E-state index >= 15 is 0 Å². The number of anilines is 2. The molecule has 0 unspecified atom stereocenters. The zero-order chi connectivity index (χ0) is 13.5. The maximum absolute atomic E-state index is 11.7. The molecule has 1 aromatic rings. The Balaban J connectivity index is 2.70. The van der Waals surface area contributed by atoms with Crippen LogP contribution in [0.25, 0.3) is 0 Å². The monoisotopic (exact) mass is 250 g/mol. The zero-order valence-corrected chi connectivity index (χ0v) is 11.3. The Morgan fingerprint density at radius 1 is 1.33 bits per heavy atom. The van der Waals surface area contributed by atoms with Gasteiger partial charge in [-0.1, -0.05) is 6.92 Å². The largest absolute Gasteiger partial charge is 0.462 e. The van der Waals surface area contributed by atoms with Gasteiger partial charge in [0.2, 0.25) is 0 Å². The minimum atomic E-state index is -0.199. The summed E-state index contributed by atoms with van der Waals surface area (Å²) < 4.78 is 5.17. The van der Waals surface area contributed by atoms with Crippen molar-refractivity contribution >= 4 is 17.3 Å². The van der Waals surface area contributed by atoms with E-state index in [0.29, 0.717) is 0 Å². The third-order valence-electron chi connectivity index (χ3n) is 2.44. The fourth-order valence-electron chi connectivity index (χ4n) is 1.71. The van der Waals surface area contributed by atoms with Crippen molar-refractivity contribution in [3.63, 3.8) is 0 Å². The summed E-state index contributed by atoms with van der Waals surface area (Å²) in [6.45, 7) is 6.88. The summed E-state index contributed by atoms with van der Waals surface area (Å²) in [5.41, 5.74) is 7.37. The van der Waals surface area contributed by atoms with E-state index in [1.54, 1.807) is 0 Å². The summed E-state index contributed by atoms with van der Waals surface area (Å²) in [6, 6.07) is 7.53. The Morgan fingerprint density at radius 2 is 1.94 bits per heavy atom. The number of hydrogen-bond donors (Lipinski definition) is 1. The van der Waals surface area contributed by atoms with Crippen LogP contribution in [0.2, 0.25) is 0 Å². The Morgan fingerprint density at radius 3 is 2.44 bits per heavy atom. The summed E-state index contributed by atoms with van der Waals surface area (Å²) in [5, 5.41) is 0. The van der Waals surface area contributed by atoms with E-state index in [4.69, 9.17) is 10.5 Å². The summed E-state index contributed by atoms with van der Waals surface area (Å²) in [6.07, 6.45) is 0.895. The van der Waals surface area contributed by atoms with Gasteiger partial charge in [-0.3, -0.25) is 4.79 Å². The van der Waals surface area contributed by atoms with E-state index in [0.717, 1.165) is 24.3 Å². The lowest BCUT2D eigenvalue weighted by Gasteiger charge is -2.23. The number of nitrogens with two attached hydrogens (primary N) is 1. The van der Waals surface area contributed by atoms with Gasteiger partial charge in [0.1, 0.15) is 6.54 Å². The lowest BCUT2D eigenvalue weighted by molar-refractivity contribution is -0.145. The predicted octanol–water partition coefficient (Wildman–Crippen LogP) is 2.44. The van der Waals surface area contributed by atoms with E-state index in [9.17, 15) is 4.79 Å². The number of rotatable bonds is 6. The molecule has 4 nitrogen and oxygen atoms in total. The topological polar surface area (TPSA) is 55.6 Å². The first kappa shape index (κ1) is 14.4. The number of benzene rings is 1. The van der Waals surface area contributed by atoms with Crippen LogP contribution in [0, 0.1) is 0 Å². The molecule has 18 heavy (non-hydrogen) atoms. The van der Waals surface area contributed by atoms with E-state index in [-0.39, 0.29) is 18.6 Å². The molecule has 100 valence electrons. The highest BCUT2D eigenvalue weighted by molar-refractivity contribution is 5.76. The molecule has 0 aliphatic carbocycles. The molecule has 0 amide bonds. The molecule has 0 aliphatic heterocycles. The molecule has 0 fully saturated rings. The summed E-state index contributed by atoms with van der Waals surface area (Å²) in [5.74, 6) is -0.199. The van der Waals surface area contributed by atoms with Gasteiger partial charge in [-0.05, 0) is 44.5 Å². The molecule has 1 aromatic carbocycles. The molecule has 1 rings (SSSR count). The second kappa shape index (κ2) is 6.89. The van der Waals surface area contributed by atoms with Crippen LogP contribution in [0.1, 0.15) is 27.2 Å². The van der Waals surface area contributed by atoms with Gasteiger partial charge in [0.15, 0.2) is 0 Å². The number of nitrogens with zero attached hydrogens (tertiary/aromatic N) is 1. The SMILES string of the molecule is CCCN(CC(=O)OC(C)C)c1ccc(N)cc1. The minimum Gasteiger partial charge on any atom is -0.462 e. The average molecular weight is 250 g/mol. The Bertz CT molecular complexity index is 374. The number of hydrogen-bond acceptors (Lipinski definition) is 4. The average Bonchev–Trinajstić information content (AvgIpc) is 2.28. The lowest BCUT2D eigenvalue weighted by Crippen LogP contribution is -2.32. The van der Waals surface area contributed by atoms with Crippen molar-refractivity contribution in [3.8, 4) is 0 Å². The van der Waals surface area contributed by atoms with Crippen molar-refractivity contribution in [1.82, 2.24) is 0 Å². The van der Waals surface area contributed by atoms with Gasteiger partial charge in [0.05, 0.1) is 6.10 Å². The number of esters is 1. The number of carbonyl (C=O) groups excluding carboxylic acids is 1. The van der Waals surface area contributed by atoms with Crippen molar-refractivity contribution in [1.29, 1.82) is 0 Å². The van der Waals surface area contributed by atoms with E-state index < -0.39 is 0 Å². The molecule has 0 radical (unpaired) electrons. The second-order valence-electron chi connectivity index (χ2n) is 4.55. The maximum atomic E-state index is 11.7. The fourth-order valence-corrected chi connectivity index (χ4v) is 1.71. The van der Waals surface area contributed by atoms with Crippen molar-refractivity contribution in [3.05, 3.63) is 24.3 Å². The summed E-state index contributed by atoms with van der Waals surface area (Å²) >= 11 is 0. The van der Waals surface area contributed by atoms with E-state index in [1.165, 1.54) is 0 Å². The van der Waals surface area contributed by atoms with Gasteiger partial charge in [0, 0.05) is 17.9 Å². The smallest absolute Gasteiger partial charge is 0.325 e. The Hall–Kier alpha value is -1.71. The van der Waals surface area contributed by atoms with Crippen LogP contribution in [0.15, 0.2) is 24.3 Å². The highest BCUT2D eigenvalue weighted by atomic mass is 16.5. The molecule has 0 saturated carbocycles. The summed E-state index contributed by atoms with van der Waals surface area (Å²) in [7, 11) is 0. The van der Waals surface area contributed by atoms with E-state index in [1.807, 2.05) is 43.0 Å². The third kappa shape index (κ3) is 4.65. The molecule has 0 atom stereocenters. The molecular weight excluding hydrogens is 228 g/mol. The number of ether oxygens (including phenoxy) is 1. The van der Waals surface area contributed by atoms with Crippen LogP contribution in [-0.2, 0) is 9.53 Å². The van der Waals surface area contributed by atoms with Crippen LogP contribution in [0.5, 0.6) is 0 Å². The van der Waals surface area contributed by atoms with Crippen molar-refractivity contribution in [2.24, 2.45) is 0 Å². The number of carbonyl (C=O) groups is 1. The first-order chi connectivity index (χ1) is 8.52. The van der Waals surface area contributed by atoms with Crippen molar-refractivity contribution in [2.45, 2.75) is 33.3 Å². The normalized spacial score (nSPS) is 10.4. The molecule has 0 heterocycles. The van der Waals surface area contributed by atoms with Crippen LogP contribution in [0.4, 0.5) is 11.4 Å². The first-order valence-electron chi connectivity index (χ1n) is 6.33. The van der Waals surface area contributed by atoms with Gasteiger partial charge in [-0.25, -0.2) is 0 Å². The fraction of sp³-hybridized carbons (Fsp3) is 0.500. The molecule has 0 bridgehead atoms. The molecular formula is C14H22N2O2. The highest BCUT2D eigenvalue weighted by Crippen LogP contribution is 2.16. The van der Waals surface area contributed by atoms with Crippen molar-refractivity contribution in [2.75, 3.05) is 23.7 Å². The van der Waals surface area contributed by atoms with Gasteiger partial charge >= 0.3 is 5.97 Å². The zero-order valence-electron chi connectivity index (χ0n) is 11.3. The molecule has 4 heteroatoms. The lowest BCUT2D eigenvalue weighted by atomic mass is 10.2. The predicted molar refractivity (Wildman–Crippen MR) is 74.6 cm³/mol. The molecule has 0 aromatic heterocycles. The molecule has 2 N–H and O–H groups in total. The Kier molecular flexibility index (Phi) is 5.49. The standard InChI is InChI=1S/C14H22N2O2/c1-4-9-16(10-14(17)18-11(2)3)13-7-5-12(15)6-8-13/h5-8,11H,4,9-10,15H2,1-3H3. The van der Waals surface area contributed by atoms with Gasteiger partial charge < -0.3 is 15.4 Å². The summed E-state index contributed by atoms with van der Waals surface area (Å²) in [4.78, 5) is 13.7. The second-order valence-corrected chi connectivity index (χ2v) is 4.55.